The van der Waals surface area contributed by atoms with Gasteiger partial charge in [0.1, 0.15) is 0 Å². The SMILES string of the molecule is Nc1cc(-c2cccc3cc[nH]c23)on1. The smallest absolute Gasteiger partial charge is 0.171 e. The van der Waals surface area contributed by atoms with Gasteiger partial charge in [-0.25, -0.2) is 0 Å². The highest BCUT2D eigenvalue weighted by atomic mass is 16.5. The maximum atomic E-state index is 5.52. The molecule has 0 amide bonds. The number of rotatable bonds is 1. The van der Waals surface area contributed by atoms with Crippen LogP contribution in [0.15, 0.2) is 41.1 Å². The molecule has 1 aromatic carbocycles. The highest BCUT2D eigenvalue weighted by Gasteiger charge is 2.08. The van der Waals surface area contributed by atoms with Gasteiger partial charge in [0.2, 0.25) is 0 Å². The largest absolute Gasteiger partial charge is 0.381 e. The van der Waals surface area contributed by atoms with Gasteiger partial charge in [-0.3, -0.25) is 0 Å². The third-order valence-electron chi connectivity index (χ3n) is 2.38. The van der Waals surface area contributed by atoms with Gasteiger partial charge in [0.25, 0.3) is 0 Å². The lowest BCUT2D eigenvalue weighted by Gasteiger charge is -1.97. The highest BCUT2D eigenvalue weighted by molar-refractivity contribution is 5.92. The topological polar surface area (TPSA) is 67.8 Å². The molecule has 0 aliphatic heterocycles. The summed E-state index contributed by atoms with van der Waals surface area (Å²) >= 11 is 0. The summed E-state index contributed by atoms with van der Waals surface area (Å²) in [7, 11) is 0. The molecule has 15 heavy (non-hydrogen) atoms. The van der Waals surface area contributed by atoms with E-state index in [2.05, 4.69) is 10.1 Å². The molecular formula is C11H9N3O. The molecule has 3 rings (SSSR count). The molecule has 0 aliphatic carbocycles. The van der Waals surface area contributed by atoms with Crippen LogP contribution in [0.2, 0.25) is 0 Å². The van der Waals surface area contributed by atoms with E-state index in [9.17, 15) is 0 Å². The lowest BCUT2D eigenvalue weighted by atomic mass is 10.1. The standard InChI is InChI=1S/C11H9N3O/c12-10-6-9(15-14-10)8-3-1-2-7-4-5-13-11(7)8/h1-6,13H,(H2,12,14). The number of hydrogen-bond acceptors (Lipinski definition) is 3. The minimum atomic E-state index is 0.397. The van der Waals surface area contributed by atoms with E-state index in [0.717, 1.165) is 16.5 Å². The van der Waals surface area contributed by atoms with Crippen molar-refractivity contribution in [2.75, 3.05) is 5.73 Å². The first-order chi connectivity index (χ1) is 7.34. The van der Waals surface area contributed by atoms with E-state index in [0.29, 0.717) is 11.6 Å². The van der Waals surface area contributed by atoms with Crippen molar-refractivity contribution in [2.45, 2.75) is 0 Å². The van der Waals surface area contributed by atoms with Crippen molar-refractivity contribution in [2.24, 2.45) is 0 Å². The van der Waals surface area contributed by atoms with Crippen molar-refractivity contribution in [1.82, 2.24) is 10.1 Å². The molecule has 0 fully saturated rings. The predicted molar refractivity (Wildman–Crippen MR) is 58.2 cm³/mol. The fourth-order valence-corrected chi connectivity index (χ4v) is 1.71. The normalized spacial score (nSPS) is 10.9. The van der Waals surface area contributed by atoms with Crippen LogP contribution in [0.3, 0.4) is 0 Å². The van der Waals surface area contributed by atoms with Gasteiger partial charge in [-0.2, -0.15) is 0 Å². The van der Waals surface area contributed by atoms with E-state index in [4.69, 9.17) is 10.3 Å². The second kappa shape index (κ2) is 2.88. The molecule has 0 bridgehead atoms. The second-order valence-corrected chi connectivity index (χ2v) is 3.36. The number of nitrogens with one attached hydrogen (secondary N) is 1. The van der Waals surface area contributed by atoms with Crippen molar-refractivity contribution in [3.8, 4) is 11.3 Å². The molecule has 0 saturated heterocycles. The van der Waals surface area contributed by atoms with Crippen molar-refractivity contribution in [3.63, 3.8) is 0 Å². The van der Waals surface area contributed by atoms with Crippen molar-refractivity contribution < 1.29 is 4.52 Å². The molecule has 0 saturated carbocycles. The maximum absolute atomic E-state index is 5.52. The Morgan fingerprint density at radius 2 is 2.20 bits per heavy atom. The quantitative estimate of drug-likeness (QED) is 0.632. The summed E-state index contributed by atoms with van der Waals surface area (Å²) in [6.45, 7) is 0. The summed E-state index contributed by atoms with van der Waals surface area (Å²) in [6.07, 6.45) is 1.90. The van der Waals surface area contributed by atoms with Crippen LogP contribution in [0.5, 0.6) is 0 Å². The molecule has 0 radical (unpaired) electrons. The van der Waals surface area contributed by atoms with Gasteiger partial charge in [0.05, 0.1) is 5.52 Å². The number of para-hydroxylation sites is 1. The van der Waals surface area contributed by atoms with Crippen LogP contribution < -0.4 is 5.73 Å². The van der Waals surface area contributed by atoms with Crippen LogP contribution in [-0.4, -0.2) is 10.1 Å². The van der Waals surface area contributed by atoms with E-state index in [1.54, 1.807) is 6.07 Å². The van der Waals surface area contributed by atoms with Crippen molar-refractivity contribution >= 4 is 16.7 Å². The van der Waals surface area contributed by atoms with Gasteiger partial charge < -0.3 is 15.2 Å². The number of nitrogens with zero attached hydrogens (tertiary/aromatic N) is 1. The monoisotopic (exact) mass is 199 g/mol. The van der Waals surface area contributed by atoms with Crippen LogP contribution >= 0.6 is 0 Å². The number of anilines is 1. The summed E-state index contributed by atoms with van der Waals surface area (Å²) in [4.78, 5) is 3.17. The Morgan fingerprint density at radius 3 is 3.00 bits per heavy atom. The Balaban J connectivity index is 2.30. The molecule has 2 aromatic heterocycles. The van der Waals surface area contributed by atoms with Crippen LogP contribution in [0, 0.1) is 0 Å². The van der Waals surface area contributed by atoms with Crippen LogP contribution in [0.25, 0.3) is 22.2 Å². The fourth-order valence-electron chi connectivity index (χ4n) is 1.71. The molecular weight excluding hydrogens is 190 g/mol. The van der Waals surface area contributed by atoms with Gasteiger partial charge in [-0.1, -0.05) is 17.3 Å². The Labute approximate surface area is 85.7 Å². The number of aromatic nitrogens is 2. The van der Waals surface area contributed by atoms with Crippen LogP contribution in [0.4, 0.5) is 5.82 Å². The Morgan fingerprint density at radius 1 is 1.27 bits per heavy atom. The molecule has 2 heterocycles. The zero-order valence-corrected chi connectivity index (χ0v) is 7.90. The summed E-state index contributed by atoms with van der Waals surface area (Å²) in [5.41, 5.74) is 7.53. The summed E-state index contributed by atoms with van der Waals surface area (Å²) in [5.74, 6) is 1.08. The van der Waals surface area contributed by atoms with E-state index >= 15 is 0 Å². The summed E-state index contributed by atoms with van der Waals surface area (Å²) < 4.78 is 5.13. The maximum Gasteiger partial charge on any atom is 0.171 e. The Hall–Kier alpha value is -2.23. The second-order valence-electron chi connectivity index (χ2n) is 3.36. The predicted octanol–water partition coefficient (Wildman–Crippen LogP) is 2.41. The van der Waals surface area contributed by atoms with Gasteiger partial charge in [-0.05, 0) is 12.1 Å². The third-order valence-corrected chi connectivity index (χ3v) is 2.38. The fraction of sp³-hybridized carbons (Fsp3) is 0. The molecule has 0 atom stereocenters. The molecule has 3 aromatic rings. The molecule has 4 nitrogen and oxygen atoms in total. The number of fused-ring (bicyclic) bond motifs is 1. The lowest BCUT2D eigenvalue weighted by molar-refractivity contribution is 0.436. The zero-order valence-electron chi connectivity index (χ0n) is 7.90. The highest BCUT2D eigenvalue weighted by Crippen LogP contribution is 2.28. The summed E-state index contributed by atoms with van der Waals surface area (Å²) in [6, 6.07) is 9.71. The van der Waals surface area contributed by atoms with Crippen LogP contribution in [-0.2, 0) is 0 Å². The number of nitrogens with two attached hydrogens (primary N) is 1. The molecule has 0 aliphatic rings. The molecule has 0 spiro atoms. The lowest BCUT2D eigenvalue weighted by Crippen LogP contribution is -1.80. The number of hydrogen-bond donors (Lipinski definition) is 2. The van der Waals surface area contributed by atoms with E-state index in [1.807, 2.05) is 30.5 Å². The summed E-state index contributed by atoms with van der Waals surface area (Å²) in [5, 5.41) is 4.81. The third kappa shape index (κ3) is 1.19. The van der Waals surface area contributed by atoms with Gasteiger partial charge >= 0.3 is 0 Å². The number of nitrogen functional groups attached to an aromatic ring is 1. The van der Waals surface area contributed by atoms with E-state index in [-0.39, 0.29) is 0 Å². The van der Waals surface area contributed by atoms with Crippen LogP contribution in [0.1, 0.15) is 0 Å². The van der Waals surface area contributed by atoms with E-state index < -0.39 is 0 Å². The molecule has 0 unspecified atom stereocenters. The number of aromatic amines is 1. The van der Waals surface area contributed by atoms with Gasteiger partial charge in [-0.15, -0.1) is 0 Å². The molecule has 4 heteroatoms. The van der Waals surface area contributed by atoms with Gasteiger partial charge in [0.15, 0.2) is 11.6 Å². The minimum Gasteiger partial charge on any atom is -0.381 e. The zero-order chi connectivity index (χ0) is 10.3. The van der Waals surface area contributed by atoms with E-state index in [1.165, 1.54) is 0 Å². The van der Waals surface area contributed by atoms with Gasteiger partial charge in [0, 0.05) is 23.2 Å². The van der Waals surface area contributed by atoms with Crippen molar-refractivity contribution in [1.29, 1.82) is 0 Å². The first-order valence-corrected chi connectivity index (χ1v) is 4.63. The first kappa shape index (κ1) is 8.11. The Bertz CT molecular complexity index is 609. The number of benzene rings is 1. The average molecular weight is 199 g/mol. The molecule has 3 N–H and O–H groups in total. The average Bonchev–Trinajstić information content (AvgIpc) is 2.84. The Kier molecular flexibility index (Phi) is 1.56. The minimum absolute atomic E-state index is 0.397. The van der Waals surface area contributed by atoms with Crippen molar-refractivity contribution in [3.05, 3.63) is 36.5 Å². The number of H-pyrrole nitrogens is 1. The molecule has 74 valence electrons. The first-order valence-electron chi connectivity index (χ1n) is 4.63.